The number of carbonyl (C=O) groups is 1. The second-order valence-corrected chi connectivity index (χ2v) is 4.40. The zero-order valence-electron chi connectivity index (χ0n) is 8.73. The first-order chi connectivity index (χ1) is 7.23. The van der Waals surface area contributed by atoms with E-state index >= 15 is 0 Å². The summed E-state index contributed by atoms with van der Waals surface area (Å²) in [6, 6.07) is 0. The monoisotopic (exact) mass is 254 g/mol. The Morgan fingerprint density at radius 2 is 2.06 bits per heavy atom. The van der Waals surface area contributed by atoms with Crippen LogP contribution in [0.2, 0.25) is 0 Å². The van der Waals surface area contributed by atoms with Crippen LogP contribution in [0, 0.1) is 5.92 Å². The first-order valence-electron chi connectivity index (χ1n) is 4.91. The highest BCUT2D eigenvalue weighted by molar-refractivity contribution is 7.80. The largest absolute Gasteiger partial charge is 0.411 e. The fraction of sp³-hybridized carbons (Fsp3) is 0.778. The Labute approximate surface area is 96.6 Å². The first-order valence-corrected chi connectivity index (χ1v) is 5.32. The molecular formula is C9H13F3N2OS. The van der Waals surface area contributed by atoms with Crippen molar-refractivity contribution in [3.8, 4) is 0 Å². The van der Waals surface area contributed by atoms with Crippen LogP contribution < -0.4 is 11.1 Å². The Morgan fingerprint density at radius 3 is 2.31 bits per heavy atom. The third kappa shape index (κ3) is 2.45. The second-order valence-electron chi connectivity index (χ2n) is 3.93. The molecule has 0 aromatic rings. The van der Waals surface area contributed by atoms with Crippen molar-refractivity contribution in [3.05, 3.63) is 0 Å². The van der Waals surface area contributed by atoms with Crippen molar-refractivity contribution in [2.75, 3.05) is 0 Å². The quantitative estimate of drug-likeness (QED) is 0.748. The zero-order valence-corrected chi connectivity index (χ0v) is 9.54. The molecule has 1 atom stereocenters. The van der Waals surface area contributed by atoms with Crippen molar-refractivity contribution in [3.63, 3.8) is 0 Å². The summed E-state index contributed by atoms with van der Waals surface area (Å²) < 4.78 is 37.6. The molecule has 3 N–H and O–H groups in total. The Morgan fingerprint density at radius 1 is 1.56 bits per heavy atom. The van der Waals surface area contributed by atoms with Gasteiger partial charge in [-0.05, 0) is 19.3 Å². The molecule has 0 spiro atoms. The molecule has 0 radical (unpaired) electrons. The van der Waals surface area contributed by atoms with Gasteiger partial charge in [0.2, 0.25) is 5.91 Å². The maximum absolute atomic E-state index is 12.5. The standard InChI is InChI=1S/C9H13F3N2OS/c1-2-5(6(13)16)7(15)14-8(3-4-8)9(10,11)12/h5H,2-4H2,1H3,(H2,13,16)(H,14,15). The normalized spacial score (nSPS) is 20.0. The van der Waals surface area contributed by atoms with E-state index in [0.717, 1.165) is 0 Å². The number of thiocarbonyl (C=S) groups is 1. The maximum Gasteiger partial charge on any atom is 0.411 e. The average Bonchev–Trinajstić information content (AvgIpc) is 2.84. The number of hydrogen-bond donors (Lipinski definition) is 2. The SMILES string of the molecule is CCC(C(=O)NC1(C(F)(F)F)CC1)C(N)=S. The van der Waals surface area contributed by atoms with Crippen LogP contribution in [0.3, 0.4) is 0 Å². The molecule has 0 aromatic carbocycles. The summed E-state index contributed by atoms with van der Waals surface area (Å²) in [4.78, 5) is 11.5. The van der Waals surface area contributed by atoms with Crippen LogP contribution in [0.4, 0.5) is 13.2 Å². The van der Waals surface area contributed by atoms with Crippen LogP contribution in [0.1, 0.15) is 26.2 Å². The van der Waals surface area contributed by atoms with E-state index in [2.05, 4.69) is 12.2 Å². The van der Waals surface area contributed by atoms with E-state index in [9.17, 15) is 18.0 Å². The summed E-state index contributed by atoms with van der Waals surface area (Å²) in [5, 5.41) is 2.01. The van der Waals surface area contributed by atoms with Crippen molar-refractivity contribution in [1.29, 1.82) is 0 Å². The van der Waals surface area contributed by atoms with Crippen molar-refractivity contribution in [1.82, 2.24) is 5.32 Å². The van der Waals surface area contributed by atoms with Crippen LogP contribution in [0.25, 0.3) is 0 Å². The molecule has 1 unspecified atom stereocenters. The summed E-state index contributed by atoms with van der Waals surface area (Å²) in [6.07, 6.45) is -4.25. The number of rotatable bonds is 4. The Hall–Kier alpha value is -0.850. The van der Waals surface area contributed by atoms with Gasteiger partial charge in [0, 0.05) is 0 Å². The number of carbonyl (C=O) groups excluding carboxylic acids is 1. The number of amides is 1. The Kier molecular flexibility index (Phi) is 3.47. The molecule has 0 aromatic heterocycles. The lowest BCUT2D eigenvalue weighted by Crippen LogP contribution is -2.51. The molecule has 1 fully saturated rings. The fourth-order valence-corrected chi connectivity index (χ4v) is 1.72. The third-order valence-electron chi connectivity index (χ3n) is 2.72. The van der Waals surface area contributed by atoms with Gasteiger partial charge in [0.25, 0.3) is 0 Å². The third-order valence-corrected chi connectivity index (χ3v) is 3.01. The first kappa shape index (κ1) is 13.2. The highest BCUT2D eigenvalue weighted by Crippen LogP contribution is 2.49. The molecular weight excluding hydrogens is 241 g/mol. The zero-order chi connectivity index (χ0) is 12.6. The van der Waals surface area contributed by atoms with Crippen molar-refractivity contribution < 1.29 is 18.0 Å². The van der Waals surface area contributed by atoms with E-state index in [1.807, 2.05) is 5.32 Å². The predicted octanol–water partition coefficient (Wildman–Crippen LogP) is 1.51. The number of nitrogens with two attached hydrogens (primary N) is 1. The average molecular weight is 254 g/mol. The predicted molar refractivity (Wildman–Crippen MR) is 56.7 cm³/mol. The van der Waals surface area contributed by atoms with Crippen LogP contribution >= 0.6 is 12.2 Å². The molecule has 1 amide bonds. The molecule has 1 rings (SSSR count). The van der Waals surface area contributed by atoms with Gasteiger partial charge in [-0.15, -0.1) is 0 Å². The highest BCUT2D eigenvalue weighted by atomic mass is 32.1. The van der Waals surface area contributed by atoms with E-state index in [1.54, 1.807) is 6.92 Å². The molecule has 3 nitrogen and oxygen atoms in total. The summed E-state index contributed by atoms with van der Waals surface area (Å²) in [6.45, 7) is 1.65. The van der Waals surface area contributed by atoms with Gasteiger partial charge in [0.1, 0.15) is 5.54 Å². The smallest absolute Gasteiger partial charge is 0.393 e. The minimum Gasteiger partial charge on any atom is -0.393 e. The molecule has 0 heterocycles. The van der Waals surface area contributed by atoms with Crippen LogP contribution in [0.5, 0.6) is 0 Å². The lowest BCUT2D eigenvalue weighted by Gasteiger charge is -2.23. The second kappa shape index (κ2) is 4.20. The van der Waals surface area contributed by atoms with E-state index in [-0.39, 0.29) is 17.8 Å². The van der Waals surface area contributed by atoms with Crippen molar-refractivity contribution in [2.45, 2.75) is 37.9 Å². The summed E-state index contributed by atoms with van der Waals surface area (Å²) in [7, 11) is 0. The van der Waals surface area contributed by atoms with E-state index in [1.165, 1.54) is 0 Å². The summed E-state index contributed by atoms with van der Waals surface area (Å²) in [5.41, 5.74) is 3.25. The van der Waals surface area contributed by atoms with Gasteiger partial charge >= 0.3 is 6.18 Å². The molecule has 16 heavy (non-hydrogen) atoms. The minimum absolute atomic E-state index is 0.0713. The van der Waals surface area contributed by atoms with Crippen molar-refractivity contribution in [2.24, 2.45) is 11.7 Å². The van der Waals surface area contributed by atoms with Crippen LogP contribution in [-0.2, 0) is 4.79 Å². The Balaban J connectivity index is 2.68. The molecule has 1 aliphatic rings. The van der Waals surface area contributed by atoms with Gasteiger partial charge < -0.3 is 11.1 Å². The lowest BCUT2D eigenvalue weighted by molar-refractivity contribution is -0.170. The van der Waals surface area contributed by atoms with Gasteiger partial charge in [-0.1, -0.05) is 19.1 Å². The molecule has 92 valence electrons. The summed E-state index contributed by atoms with van der Waals surface area (Å²) in [5.74, 6) is -1.56. The highest BCUT2D eigenvalue weighted by Gasteiger charge is 2.64. The van der Waals surface area contributed by atoms with E-state index in [4.69, 9.17) is 5.73 Å². The molecule has 7 heteroatoms. The van der Waals surface area contributed by atoms with Gasteiger partial charge in [-0.3, -0.25) is 4.79 Å². The number of nitrogens with one attached hydrogen (secondary N) is 1. The van der Waals surface area contributed by atoms with Gasteiger partial charge in [0.05, 0.1) is 10.9 Å². The molecule has 1 saturated carbocycles. The van der Waals surface area contributed by atoms with Gasteiger partial charge in [-0.2, -0.15) is 13.2 Å². The maximum atomic E-state index is 12.5. The van der Waals surface area contributed by atoms with Crippen LogP contribution in [0.15, 0.2) is 0 Å². The topological polar surface area (TPSA) is 55.1 Å². The molecule has 0 aliphatic heterocycles. The number of hydrogen-bond acceptors (Lipinski definition) is 2. The summed E-state index contributed by atoms with van der Waals surface area (Å²) >= 11 is 4.63. The van der Waals surface area contributed by atoms with Crippen LogP contribution in [-0.4, -0.2) is 22.6 Å². The van der Waals surface area contributed by atoms with Crippen molar-refractivity contribution >= 4 is 23.1 Å². The number of halogens is 3. The van der Waals surface area contributed by atoms with Gasteiger partial charge in [0.15, 0.2) is 0 Å². The molecule has 0 bridgehead atoms. The molecule has 1 aliphatic carbocycles. The number of alkyl halides is 3. The fourth-order valence-electron chi connectivity index (χ4n) is 1.44. The van der Waals surface area contributed by atoms with E-state index < -0.39 is 23.5 Å². The Bertz CT molecular complexity index is 312. The van der Waals surface area contributed by atoms with E-state index in [0.29, 0.717) is 6.42 Å². The van der Waals surface area contributed by atoms with Gasteiger partial charge in [-0.25, -0.2) is 0 Å². The molecule has 0 saturated heterocycles. The lowest BCUT2D eigenvalue weighted by atomic mass is 10.1. The minimum atomic E-state index is -4.41.